The number of nitro groups is 1. The number of aryl methyl sites for hydroxylation is 1. The van der Waals surface area contributed by atoms with Crippen molar-refractivity contribution in [3.63, 3.8) is 0 Å². The molecule has 2 N–H and O–H groups in total. The van der Waals surface area contributed by atoms with E-state index >= 15 is 0 Å². The fraction of sp³-hybridized carbons (Fsp3) is 0.115. The minimum atomic E-state index is -0.517. The van der Waals surface area contributed by atoms with Crippen LogP contribution in [0.5, 0.6) is 0 Å². The number of hydrogen-bond acceptors (Lipinski definition) is 7. The Kier molecular flexibility index (Phi) is 7.77. The summed E-state index contributed by atoms with van der Waals surface area (Å²) < 4.78 is 0. The van der Waals surface area contributed by atoms with E-state index in [2.05, 4.69) is 15.6 Å². The molecular weight excluding hydrogens is 496 g/mol. The number of carbonyl (C=O) groups is 2. The molecule has 0 saturated carbocycles. The van der Waals surface area contributed by atoms with Crippen molar-refractivity contribution in [3.05, 3.63) is 99.4 Å². The van der Waals surface area contributed by atoms with E-state index in [0.717, 1.165) is 16.2 Å². The molecule has 0 saturated heterocycles. The molecule has 0 bridgehead atoms. The maximum Gasteiger partial charge on any atom is 0.269 e. The third-order valence-corrected chi connectivity index (χ3v) is 7.05. The van der Waals surface area contributed by atoms with Crippen molar-refractivity contribution >= 4 is 51.4 Å². The zero-order valence-corrected chi connectivity index (χ0v) is 21.1. The van der Waals surface area contributed by atoms with Gasteiger partial charge in [0.2, 0.25) is 5.91 Å². The number of aromatic nitrogens is 1. The van der Waals surface area contributed by atoms with E-state index in [1.165, 1.54) is 52.9 Å². The number of nitrogens with one attached hydrogen (secondary N) is 2. The quantitative estimate of drug-likeness (QED) is 0.158. The van der Waals surface area contributed by atoms with Gasteiger partial charge in [-0.3, -0.25) is 19.7 Å². The zero-order chi connectivity index (χ0) is 25.7. The number of nitrogens with zero attached hydrogens (tertiary/aromatic N) is 2. The number of thioether (sulfide) groups is 1. The number of carbonyl (C=O) groups excluding carboxylic acids is 2. The molecule has 1 unspecified atom stereocenters. The highest BCUT2D eigenvalue weighted by molar-refractivity contribution is 8.00. The van der Waals surface area contributed by atoms with E-state index in [9.17, 15) is 19.7 Å². The van der Waals surface area contributed by atoms with Gasteiger partial charge < -0.3 is 10.6 Å². The van der Waals surface area contributed by atoms with E-state index in [0.29, 0.717) is 16.4 Å². The maximum atomic E-state index is 12.7. The Morgan fingerprint density at radius 1 is 1.03 bits per heavy atom. The van der Waals surface area contributed by atoms with E-state index in [-0.39, 0.29) is 17.5 Å². The lowest BCUT2D eigenvalue weighted by molar-refractivity contribution is -0.384. The first kappa shape index (κ1) is 25.1. The maximum absolute atomic E-state index is 12.7. The molecule has 0 radical (unpaired) electrons. The second-order valence-corrected chi connectivity index (χ2v) is 10.2. The summed E-state index contributed by atoms with van der Waals surface area (Å²) >= 11 is 2.73. The lowest BCUT2D eigenvalue weighted by Gasteiger charge is -2.12. The van der Waals surface area contributed by atoms with Gasteiger partial charge in [0.05, 0.1) is 15.9 Å². The second kappa shape index (κ2) is 11.1. The normalized spacial score (nSPS) is 11.5. The summed E-state index contributed by atoms with van der Waals surface area (Å²) in [7, 11) is 0. The molecule has 4 rings (SSSR count). The first-order valence-corrected chi connectivity index (χ1v) is 12.7. The molecule has 3 aromatic carbocycles. The molecular formula is C26H22N4O4S2. The molecule has 0 aliphatic heterocycles. The predicted molar refractivity (Wildman–Crippen MR) is 144 cm³/mol. The average Bonchev–Trinajstić information content (AvgIpc) is 3.33. The Labute approximate surface area is 215 Å². The van der Waals surface area contributed by atoms with Crippen LogP contribution in [0.15, 0.2) is 83.1 Å². The van der Waals surface area contributed by atoms with Crippen LogP contribution in [0.25, 0.3) is 11.3 Å². The van der Waals surface area contributed by atoms with Gasteiger partial charge in [-0.1, -0.05) is 35.9 Å². The SMILES string of the molecule is Cc1ccc(-c2csc(NC(=O)C(C)Sc3cccc(NC(=O)c4ccc([N+](=O)[O-])cc4)c3)n2)cc1. The Hall–Kier alpha value is -4.02. The molecule has 2 amide bonds. The molecule has 0 aliphatic carbocycles. The third-order valence-electron chi connectivity index (χ3n) is 5.20. The lowest BCUT2D eigenvalue weighted by Crippen LogP contribution is -2.22. The monoisotopic (exact) mass is 518 g/mol. The summed E-state index contributed by atoms with van der Waals surface area (Å²) in [5, 5.41) is 18.5. The lowest BCUT2D eigenvalue weighted by atomic mass is 10.1. The number of anilines is 2. The molecule has 0 fully saturated rings. The largest absolute Gasteiger partial charge is 0.322 e. The van der Waals surface area contributed by atoms with Gasteiger partial charge in [0.25, 0.3) is 11.6 Å². The number of nitro benzene ring substituents is 1. The van der Waals surface area contributed by atoms with Gasteiger partial charge in [0.15, 0.2) is 5.13 Å². The van der Waals surface area contributed by atoms with E-state index in [1.54, 1.807) is 25.1 Å². The van der Waals surface area contributed by atoms with Crippen LogP contribution in [0.2, 0.25) is 0 Å². The summed E-state index contributed by atoms with van der Waals surface area (Å²) in [5.41, 5.74) is 3.75. The van der Waals surface area contributed by atoms with Gasteiger partial charge >= 0.3 is 0 Å². The Morgan fingerprint density at radius 3 is 2.44 bits per heavy atom. The van der Waals surface area contributed by atoms with Crippen molar-refractivity contribution in [2.45, 2.75) is 24.0 Å². The van der Waals surface area contributed by atoms with Gasteiger partial charge in [-0.05, 0) is 44.2 Å². The molecule has 182 valence electrons. The summed E-state index contributed by atoms with van der Waals surface area (Å²) in [4.78, 5) is 40.9. The molecule has 0 spiro atoms. The van der Waals surface area contributed by atoms with Crippen molar-refractivity contribution in [1.82, 2.24) is 4.98 Å². The van der Waals surface area contributed by atoms with Crippen LogP contribution in [-0.4, -0.2) is 27.0 Å². The van der Waals surface area contributed by atoms with Gasteiger partial charge in [0.1, 0.15) is 0 Å². The summed E-state index contributed by atoms with van der Waals surface area (Å²) in [6.45, 7) is 3.83. The fourth-order valence-corrected chi connectivity index (χ4v) is 4.89. The molecule has 1 atom stereocenters. The van der Waals surface area contributed by atoms with Crippen molar-refractivity contribution in [2.75, 3.05) is 10.6 Å². The molecule has 1 aromatic heterocycles. The first-order valence-electron chi connectivity index (χ1n) is 10.9. The highest BCUT2D eigenvalue weighted by Gasteiger charge is 2.17. The first-order chi connectivity index (χ1) is 17.3. The van der Waals surface area contributed by atoms with Crippen LogP contribution in [0.1, 0.15) is 22.8 Å². The topological polar surface area (TPSA) is 114 Å². The van der Waals surface area contributed by atoms with Gasteiger partial charge in [-0.2, -0.15) is 0 Å². The highest BCUT2D eigenvalue weighted by Crippen LogP contribution is 2.29. The summed E-state index contributed by atoms with van der Waals surface area (Å²) in [6.07, 6.45) is 0. The van der Waals surface area contributed by atoms with Crippen LogP contribution in [-0.2, 0) is 4.79 Å². The molecule has 1 heterocycles. The van der Waals surface area contributed by atoms with Gasteiger partial charge in [-0.25, -0.2) is 4.98 Å². The second-order valence-electron chi connectivity index (χ2n) is 7.94. The number of rotatable bonds is 8. The van der Waals surface area contributed by atoms with Crippen LogP contribution < -0.4 is 10.6 Å². The fourth-order valence-electron chi connectivity index (χ4n) is 3.24. The highest BCUT2D eigenvalue weighted by atomic mass is 32.2. The van der Waals surface area contributed by atoms with Gasteiger partial charge in [-0.15, -0.1) is 23.1 Å². The molecule has 10 heteroatoms. The molecule has 0 aliphatic rings. The van der Waals surface area contributed by atoms with Gasteiger partial charge in [0, 0.05) is 39.2 Å². The average molecular weight is 519 g/mol. The Balaban J connectivity index is 1.35. The van der Waals surface area contributed by atoms with Crippen LogP contribution in [0, 0.1) is 17.0 Å². The number of amides is 2. The number of hydrogen-bond donors (Lipinski definition) is 2. The minimum absolute atomic E-state index is 0.0821. The Morgan fingerprint density at radius 2 is 1.75 bits per heavy atom. The summed E-state index contributed by atoms with van der Waals surface area (Å²) in [5.74, 6) is -0.559. The number of thiazole rings is 1. The molecule has 4 aromatic rings. The smallest absolute Gasteiger partial charge is 0.269 e. The standard InChI is InChI=1S/C26H22N4O4S2/c1-16-6-8-18(9-7-16)23-15-35-26(28-23)29-24(31)17(2)36-22-5-3-4-20(14-22)27-25(32)19-10-12-21(13-11-19)30(33)34/h3-15,17H,1-2H3,(H,27,32)(H,28,29,31). The van der Waals surface area contributed by atoms with Crippen molar-refractivity contribution in [3.8, 4) is 11.3 Å². The molecule has 36 heavy (non-hydrogen) atoms. The van der Waals surface area contributed by atoms with E-state index < -0.39 is 10.2 Å². The minimum Gasteiger partial charge on any atom is -0.322 e. The Bertz CT molecular complexity index is 1400. The van der Waals surface area contributed by atoms with Crippen LogP contribution >= 0.6 is 23.1 Å². The number of benzene rings is 3. The zero-order valence-electron chi connectivity index (χ0n) is 19.4. The number of non-ortho nitro benzene ring substituents is 1. The summed E-state index contributed by atoms with van der Waals surface area (Å²) in [6, 6.07) is 20.6. The third kappa shape index (κ3) is 6.35. The van der Waals surface area contributed by atoms with Crippen molar-refractivity contribution in [2.24, 2.45) is 0 Å². The van der Waals surface area contributed by atoms with Crippen molar-refractivity contribution < 1.29 is 14.5 Å². The molecule has 8 nitrogen and oxygen atoms in total. The van der Waals surface area contributed by atoms with Crippen LogP contribution in [0.3, 0.4) is 0 Å². The van der Waals surface area contributed by atoms with Crippen molar-refractivity contribution in [1.29, 1.82) is 0 Å². The predicted octanol–water partition coefficient (Wildman–Crippen LogP) is 6.40. The van der Waals surface area contributed by atoms with Crippen LogP contribution in [0.4, 0.5) is 16.5 Å². The van der Waals surface area contributed by atoms with E-state index in [4.69, 9.17) is 0 Å². The van der Waals surface area contributed by atoms with E-state index in [1.807, 2.05) is 42.6 Å².